The highest BCUT2D eigenvalue weighted by atomic mass is 32.2. The third kappa shape index (κ3) is 9.61. The van der Waals surface area contributed by atoms with Crippen molar-refractivity contribution < 1.29 is 22.2 Å². The van der Waals surface area contributed by atoms with Crippen LogP contribution < -0.4 is 5.32 Å². The molecule has 0 aliphatic heterocycles. The van der Waals surface area contributed by atoms with E-state index in [0.29, 0.717) is 30.4 Å². The Bertz CT molecular complexity index is 718. The quantitative estimate of drug-likeness (QED) is 0.311. The topological polar surface area (TPSA) is 96.4 Å². The third-order valence-electron chi connectivity index (χ3n) is 5.02. The molecule has 1 unspecified atom stereocenters. The first kappa shape index (κ1) is 24.5. The second-order valence-electron chi connectivity index (χ2n) is 8.88. The average molecular weight is 415 g/mol. The van der Waals surface area contributed by atoms with Gasteiger partial charge >= 0.3 is 0 Å². The van der Waals surface area contributed by atoms with E-state index < -0.39 is 15.5 Å². The number of rotatable bonds is 12. The van der Waals surface area contributed by atoms with Gasteiger partial charge in [0.25, 0.3) is 10.1 Å². The maximum Gasteiger partial charge on any atom is 0.265 e. The molecule has 160 valence electrons. The van der Waals surface area contributed by atoms with Crippen LogP contribution >= 0.6 is 0 Å². The summed E-state index contributed by atoms with van der Waals surface area (Å²) in [6.07, 6.45) is 3.70. The Morgan fingerprint density at radius 3 is 2.46 bits per heavy atom. The van der Waals surface area contributed by atoms with Crippen molar-refractivity contribution in [3.8, 4) is 0 Å². The van der Waals surface area contributed by atoms with Crippen LogP contribution in [-0.2, 0) is 14.9 Å². The minimum absolute atomic E-state index is 0.0342. The molecule has 2 N–H and O–H groups in total. The number of quaternary nitrogens is 1. The van der Waals surface area contributed by atoms with E-state index in [9.17, 15) is 13.2 Å². The van der Waals surface area contributed by atoms with Crippen LogP contribution in [-0.4, -0.2) is 67.8 Å². The van der Waals surface area contributed by atoms with E-state index >= 15 is 0 Å². The number of carbonyl (C=O) groups is 1. The highest BCUT2D eigenvalue weighted by Crippen LogP contribution is 2.30. The Morgan fingerprint density at radius 1 is 1.25 bits per heavy atom. The van der Waals surface area contributed by atoms with E-state index in [1.807, 2.05) is 46.1 Å². The molecule has 0 fully saturated rings. The summed E-state index contributed by atoms with van der Waals surface area (Å²) in [5.74, 6) is 0.0148. The lowest BCUT2D eigenvalue weighted by Crippen LogP contribution is -2.44. The molecule has 0 aromatic carbocycles. The van der Waals surface area contributed by atoms with Gasteiger partial charge in [-0.3, -0.25) is 14.3 Å². The van der Waals surface area contributed by atoms with E-state index in [0.717, 1.165) is 18.7 Å². The van der Waals surface area contributed by atoms with E-state index in [-0.39, 0.29) is 17.6 Å². The van der Waals surface area contributed by atoms with Crippen LogP contribution in [0.1, 0.15) is 51.6 Å². The van der Waals surface area contributed by atoms with Crippen molar-refractivity contribution in [2.24, 2.45) is 5.41 Å². The molecule has 0 saturated heterocycles. The minimum atomic E-state index is -3.90. The smallest absolute Gasteiger partial charge is 0.265 e. The number of amides is 1. The molecule has 1 atom stereocenters. The maximum absolute atomic E-state index is 12.6. The van der Waals surface area contributed by atoms with Crippen LogP contribution in [0.5, 0.6) is 0 Å². The summed E-state index contributed by atoms with van der Waals surface area (Å²) in [6.45, 7) is 8.05. The van der Waals surface area contributed by atoms with Gasteiger partial charge < -0.3 is 9.80 Å². The fourth-order valence-electron chi connectivity index (χ4n) is 3.37. The molecular weight excluding hydrogens is 378 g/mol. The number of pyridine rings is 1. The summed E-state index contributed by atoms with van der Waals surface area (Å²) in [5, 5.41) is 3.03. The van der Waals surface area contributed by atoms with Crippen molar-refractivity contribution in [3.63, 3.8) is 0 Å². The van der Waals surface area contributed by atoms with Gasteiger partial charge in [0.2, 0.25) is 5.91 Å². The fourth-order valence-corrected chi connectivity index (χ4v) is 3.86. The standard InChI is InChI=1S/C20H35N3O4S/c1-17(18-10-6-7-11-21-18)16-20(2,3)19(24)22-12-8-13-23(4,5)14-9-15-28(25,26)27/h6-7,10-11,17H,8-9,12-16H2,1-5H3,(H-,22,24,25,26,27)/p+1. The summed E-state index contributed by atoms with van der Waals surface area (Å²) >= 11 is 0. The molecule has 28 heavy (non-hydrogen) atoms. The van der Waals surface area contributed by atoms with E-state index in [1.165, 1.54) is 0 Å². The Balaban J connectivity index is 2.38. The lowest BCUT2D eigenvalue weighted by molar-refractivity contribution is -0.890. The van der Waals surface area contributed by atoms with Crippen molar-refractivity contribution in [1.82, 2.24) is 10.3 Å². The lowest BCUT2D eigenvalue weighted by Gasteiger charge is -2.30. The molecule has 1 rings (SSSR count). The van der Waals surface area contributed by atoms with Crippen LogP contribution in [0.3, 0.4) is 0 Å². The predicted molar refractivity (Wildman–Crippen MR) is 112 cm³/mol. The maximum atomic E-state index is 12.6. The van der Waals surface area contributed by atoms with E-state index in [1.54, 1.807) is 6.20 Å². The van der Waals surface area contributed by atoms with Gasteiger partial charge in [-0.25, -0.2) is 0 Å². The van der Waals surface area contributed by atoms with E-state index in [4.69, 9.17) is 4.55 Å². The number of hydrogen-bond acceptors (Lipinski definition) is 4. The van der Waals surface area contributed by atoms with Crippen LogP contribution in [0.4, 0.5) is 0 Å². The highest BCUT2D eigenvalue weighted by Gasteiger charge is 2.30. The number of hydrogen-bond donors (Lipinski definition) is 2. The number of nitrogens with zero attached hydrogens (tertiary/aromatic N) is 2. The first-order valence-corrected chi connectivity index (χ1v) is 11.4. The summed E-state index contributed by atoms with van der Waals surface area (Å²) in [4.78, 5) is 17.0. The van der Waals surface area contributed by atoms with Gasteiger partial charge in [0.05, 0.1) is 32.9 Å². The van der Waals surface area contributed by atoms with Crippen molar-refractivity contribution in [3.05, 3.63) is 30.1 Å². The molecule has 0 aliphatic carbocycles. The Morgan fingerprint density at radius 2 is 1.89 bits per heavy atom. The molecule has 1 aromatic rings. The van der Waals surface area contributed by atoms with E-state index in [2.05, 4.69) is 17.2 Å². The van der Waals surface area contributed by atoms with Gasteiger partial charge in [-0.1, -0.05) is 26.8 Å². The number of carbonyl (C=O) groups excluding carboxylic acids is 1. The van der Waals surface area contributed by atoms with Crippen LogP contribution in [0, 0.1) is 5.41 Å². The van der Waals surface area contributed by atoms with Crippen molar-refractivity contribution in [1.29, 1.82) is 0 Å². The minimum Gasteiger partial charge on any atom is -0.355 e. The molecule has 7 nitrogen and oxygen atoms in total. The van der Waals surface area contributed by atoms with Gasteiger partial charge in [-0.2, -0.15) is 8.42 Å². The van der Waals surface area contributed by atoms with Crippen LogP contribution in [0.25, 0.3) is 0 Å². The lowest BCUT2D eigenvalue weighted by atomic mass is 9.81. The van der Waals surface area contributed by atoms with Gasteiger partial charge in [0.15, 0.2) is 0 Å². The van der Waals surface area contributed by atoms with Gasteiger partial charge in [0, 0.05) is 36.7 Å². The van der Waals surface area contributed by atoms with Gasteiger partial charge in [-0.05, 0) is 24.5 Å². The van der Waals surface area contributed by atoms with Crippen molar-refractivity contribution in [2.75, 3.05) is 39.5 Å². The molecule has 1 amide bonds. The van der Waals surface area contributed by atoms with Crippen molar-refractivity contribution >= 4 is 16.0 Å². The molecule has 1 heterocycles. The molecule has 0 radical (unpaired) electrons. The largest absolute Gasteiger partial charge is 0.355 e. The first-order chi connectivity index (χ1) is 12.8. The Kier molecular flexibility index (Phi) is 9.04. The third-order valence-corrected chi connectivity index (χ3v) is 5.82. The summed E-state index contributed by atoms with van der Waals surface area (Å²) in [7, 11) is 0.135. The van der Waals surface area contributed by atoms with Crippen LogP contribution in [0.2, 0.25) is 0 Å². The summed E-state index contributed by atoms with van der Waals surface area (Å²) in [5.41, 5.74) is 0.504. The highest BCUT2D eigenvalue weighted by molar-refractivity contribution is 7.85. The van der Waals surface area contributed by atoms with Crippen LogP contribution in [0.15, 0.2) is 24.4 Å². The zero-order chi connectivity index (χ0) is 21.4. The molecule has 0 saturated carbocycles. The second-order valence-corrected chi connectivity index (χ2v) is 10.4. The van der Waals surface area contributed by atoms with Gasteiger partial charge in [0.1, 0.15) is 0 Å². The normalized spacial score (nSPS) is 13.9. The molecule has 0 bridgehead atoms. The SMILES string of the molecule is CC(CC(C)(C)C(=O)NCCC[N+](C)(C)CCCS(=O)(=O)O)c1ccccn1. The Labute approximate surface area is 169 Å². The zero-order valence-corrected chi connectivity index (χ0v) is 18.6. The fraction of sp³-hybridized carbons (Fsp3) is 0.700. The predicted octanol–water partition coefficient (Wildman–Crippen LogP) is 2.46. The monoisotopic (exact) mass is 414 g/mol. The molecule has 1 aromatic heterocycles. The molecule has 0 spiro atoms. The molecule has 8 heteroatoms. The molecule has 0 aliphatic rings. The second kappa shape index (κ2) is 10.3. The average Bonchev–Trinajstić information content (AvgIpc) is 2.57. The number of nitrogens with one attached hydrogen (secondary N) is 1. The van der Waals surface area contributed by atoms with Crippen molar-refractivity contribution in [2.45, 2.75) is 46.0 Å². The first-order valence-electron chi connectivity index (χ1n) is 9.79. The molecular formula is C20H36N3O4S+. The zero-order valence-electron chi connectivity index (χ0n) is 17.8. The van der Waals surface area contributed by atoms with Gasteiger partial charge in [-0.15, -0.1) is 0 Å². The number of aromatic nitrogens is 1. The summed E-state index contributed by atoms with van der Waals surface area (Å²) < 4.78 is 31.1. The summed E-state index contributed by atoms with van der Waals surface area (Å²) in [6, 6.07) is 5.83. The Hall–Kier alpha value is -1.51.